The van der Waals surface area contributed by atoms with E-state index in [1.54, 1.807) is 36.0 Å². The van der Waals surface area contributed by atoms with Gasteiger partial charge in [0.15, 0.2) is 6.10 Å². The zero-order chi connectivity index (χ0) is 19.4. The van der Waals surface area contributed by atoms with Crippen LogP contribution < -0.4 is 14.4 Å². The Morgan fingerprint density at radius 3 is 2.67 bits per heavy atom. The highest BCUT2D eigenvalue weighted by molar-refractivity contribution is 7.99. The fourth-order valence-electron chi connectivity index (χ4n) is 2.64. The second-order valence-electron chi connectivity index (χ2n) is 5.96. The number of para-hydroxylation sites is 2. The minimum absolute atomic E-state index is 0.0496. The Balaban J connectivity index is 1.58. The summed E-state index contributed by atoms with van der Waals surface area (Å²) in [6, 6.07) is 14.2. The Morgan fingerprint density at radius 1 is 1.26 bits per heavy atom. The van der Waals surface area contributed by atoms with E-state index in [1.807, 2.05) is 24.3 Å². The summed E-state index contributed by atoms with van der Waals surface area (Å²) in [6.07, 6.45) is 0.225. The van der Waals surface area contributed by atoms with Gasteiger partial charge in [-0.25, -0.2) is 8.42 Å². The van der Waals surface area contributed by atoms with E-state index in [9.17, 15) is 13.2 Å². The Hall–Kier alpha value is -1.90. The number of amides is 1. The van der Waals surface area contributed by atoms with Gasteiger partial charge < -0.3 is 10.1 Å². The van der Waals surface area contributed by atoms with E-state index in [1.165, 1.54) is 4.31 Å². The number of anilines is 1. The van der Waals surface area contributed by atoms with Gasteiger partial charge in [-0.1, -0.05) is 23.7 Å². The summed E-state index contributed by atoms with van der Waals surface area (Å²) in [6.45, 7) is 0.387. The maximum absolute atomic E-state index is 12.5. The van der Waals surface area contributed by atoms with Gasteiger partial charge in [-0.3, -0.25) is 9.10 Å². The van der Waals surface area contributed by atoms with Crippen molar-refractivity contribution in [2.75, 3.05) is 29.4 Å². The van der Waals surface area contributed by atoms with Crippen molar-refractivity contribution in [3.8, 4) is 5.75 Å². The maximum atomic E-state index is 12.5. The lowest BCUT2D eigenvalue weighted by atomic mass is 10.2. The Kier molecular flexibility index (Phi) is 6.18. The number of carbonyl (C=O) groups is 1. The van der Waals surface area contributed by atoms with Crippen molar-refractivity contribution < 1.29 is 17.9 Å². The van der Waals surface area contributed by atoms with Gasteiger partial charge in [0.2, 0.25) is 10.0 Å². The van der Waals surface area contributed by atoms with Crippen LogP contribution in [0.15, 0.2) is 53.4 Å². The molecule has 144 valence electrons. The van der Waals surface area contributed by atoms with Crippen LogP contribution in [0.25, 0.3) is 0 Å². The molecule has 0 saturated heterocycles. The Bertz CT molecular complexity index is 919. The number of fused-ring (bicyclic) bond motifs is 1. The predicted molar refractivity (Wildman–Crippen MR) is 108 cm³/mol. The zero-order valence-corrected chi connectivity index (χ0v) is 17.0. The number of sulfonamides is 1. The Labute approximate surface area is 167 Å². The molecule has 1 heterocycles. The number of thioether (sulfide) groups is 1. The number of nitrogens with zero attached hydrogens (tertiary/aromatic N) is 1. The molecular weight excluding hydrogens is 408 g/mol. The molecule has 1 amide bonds. The lowest BCUT2D eigenvalue weighted by Crippen LogP contribution is -2.50. The lowest BCUT2D eigenvalue weighted by Gasteiger charge is -2.33. The first-order chi connectivity index (χ1) is 12.8. The van der Waals surface area contributed by atoms with Crippen molar-refractivity contribution in [3.05, 3.63) is 53.6 Å². The molecule has 1 aliphatic rings. The molecule has 1 N–H and O–H groups in total. The quantitative estimate of drug-likeness (QED) is 0.567. The average Bonchev–Trinajstić information content (AvgIpc) is 2.64. The number of nitrogens with one attached hydrogen (secondary N) is 1. The molecule has 0 unspecified atom stereocenters. The van der Waals surface area contributed by atoms with E-state index in [0.29, 0.717) is 28.8 Å². The number of halogens is 1. The predicted octanol–water partition coefficient (Wildman–Crippen LogP) is 2.78. The molecule has 1 atom stereocenters. The third-order valence-electron chi connectivity index (χ3n) is 3.91. The van der Waals surface area contributed by atoms with Gasteiger partial charge in [-0.05, 0) is 36.4 Å². The highest BCUT2D eigenvalue weighted by atomic mass is 35.5. The van der Waals surface area contributed by atoms with Crippen LogP contribution in [0.4, 0.5) is 5.69 Å². The summed E-state index contributed by atoms with van der Waals surface area (Å²) >= 11 is 7.44. The largest absolute Gasteiger partial charge is 0.476 e. The van der Waals surface area contributed by atoms with Crippen LogP contribution in [0, 0.1) is 0 Å². The van der Waals surface area contributed by atoms with Crippen LogP contribution in [0.2, 0.25) is 5.02 Å². The number of rotatable bonds is 6. The normalized spacial score (nSPS) is 16.4. The highest BCUT2D eigenvalue weighted by Crippen LogP contribution is 2.34. The molecule has 0 bridgehead atoms. The second kappa shape index (κ2) is 8.41. The van der Waals surface area contributed by atoms with Gasteiger partial charge in [0.1, 0.15) is 5.75 Å². The summed E-state index contributed by atoms with van der Waals surface area (Å²) in [4.78, 5) is 13.5. The van der Waals surface area contributed by atoms with Crippen molar-refractivity contribution in [2.24, 2.45) is 0 Å². The smallest absolute Gasteiger partial charge is 0.263 e. The fourth-order valence-corrected chi connectivity index (χ4v) is 4.45. The minimum Gasteiger partial charge on any atom is -0.476 e. The number of carbonyl (C=O) groups excluding carboxylic acids is 1. The minimum atomic E-state index is -3.51. The molecule has 0 radical (unpaired) electrons. The monoisotopic (exact) mass is 426 g/mol. The van der Waals surface area contributed by atoms with Gasteiger partial charge in [0.05, 0.1) is 18.5 Å². The van der Waals surface area contributed by atoms with Gasteiger partial charge in [0.25, 0.3) is 5.91 Å². The summed E-state index contributed by atoms with van der Waals surface area (Å²) in [5, 5.41) is 3.48. The second-order valence-corrected chi connectivity index (χ2v) is 9.47. The third-order valence-corrected chi connectivity index (χ3v) is 6.32. The molecule has 0 aromatic heterocycles. The Morgan fingerprint density at radius 2 is 1.96 bits per heavy atom. The summed E-state index contributed by atoms with van der Waals surface area (Å²) < 4.78 is 31.1. The van der Waals surface area contributed by atoms with Gasteiger partial charge in [0, 0.05) is 22.2 Å². The molecule has 2 aromatic carbocycles. The highest BCUT2D eigenvalue weighted by Gasteiger charge is 2.34. The van der Waals surface area contributed by atoms with Crippen LogP contribution in [0.3, 0.4) is 0 Å². The zero-order valence-electron chi connectivity index (χ0n) is 14.6. The molecule has 6 nitrogen and oxygen atoms in total. The van der Waals surface area contributed by atoms with Gasteiger partial charge in [-0.15, -0.1) is 11.8 Å². The van der Waals surface area contributed by atoms with Crippen LogP contribution in [-0.2, 0) is 14.8 Å². The lowest BCUT2D eigenvalue weighted by molar-refractivity contribution is -0.127. The molecule has 0 saturated carbocycles. The van der Waals surface area contributed by atoms with Crippen LogP contribution in [0.5, 0.6) is 5.75 Å². The first-order valence-corrected chi connectivity index (χ1v) is 11.5. The maximum Gasteiger partial charge on any atom is 0.263 e. The van der Waals surface area contributed by atoms with Crippen molar-refractivity contribution in [1.29, 1.82) is 0 Å². The van der Waals surface area contributed by atoms with Crippen molar-refractivity contribution in [2.45, 2.75) is 11.0 Å². The first kappa shape index (κ1) is 19.9. The van der Waals surface area contributed by atoms with Crippen LogP contribution in [-0.4, -0.2) is 45.5 Å². The summed E-state index contributed by atoms with van der Waals surface area (Å²) in [5.41, 5.74) is 0.447. The fraction of sp³-hybridized carbons (Fsp3) is 0.278. The first-order valence-electron chi connectivity index (χ1n) is 8.24. The number of hydrogen-bond acceptors (Lipinski definition) is 5. The molecule has 0 spiro atoms. The standard InChI is InChI=1S/C18H19ClN2O4S2/c1-27(23,24)21-12-17(25-16-5-3-2-4-15(16)21)18(22)20-10-11-26-14-8-6-13(19)7-9-14/h2-9,17H,10-12H2,1H3,(H,20,22)/t17-/m0/s1. The van der Waals surface area contributed by atoms with Crippen LogP contribution >= 0.6 is 23.4 Å². The van der Waals surface area contributed by atoms with Crippen molar-refractivity contribution >= 4 is 45.0 Å². The van der Waals surface area contributed by atoms with E-state index in [-0.39, 0.29) is 12.5 Å². The van der Waals surface area contributed by atoms with Gasteiger partial charge >= 0.3 is 0 Å². The molecule has 0 aliphatic carbocycles. The topological polar surface area (TPSA) is 75.7 Å². The SMILES string of the molecule is CS(=O)(=O)N1C[C@@H](C(=O)NCCSc2ccc(Cl)cc2)Oc2ccccc21. The van der Waals surface area contributed by atoms with E-state index >= 15 is 0 Å². The van der Waals surface area contributed by atoms with Gasteiger partial charge in [-0.2, -0.15) is 0 Å². The molecule has 0 fully saturated rings. The molecular formula is C18H19ClN2O4S2. The molecule has 3 rings (SSSR count). The van der Waals surface area contributed by atoms with Crippen molar-refractivity contribution in [3.63, 3.8) is 0 Å². The molecule has 27 heavy (non-hydrogen) atoms. The molecule has 1 aliphatic heterocycles. The number of hydrogen-bond donors (Lipinski definition) is 1. The average molecular weight is 427 g/mol. The number of ether oxygens (including phenoxy) is 1. The van der Waals surface area contributed by atoms with Crippen molar-refractivity contribution in [1.82, 2.24) is 5.32 Å². The van der Waals surface area contributed by atoms with E-state index in [2.05, 4.69) is 5.32 Å². The van der Waals surface area contributed by atoms with E-state index in [4.69, 9.17) is 16.3 Å². The molecule has 2 aromatic rings. The summed E-state index contributed by atoms with van der Waals surface area (Å²) in [7, 11) is -3.51. The third kappa shape index (κ3) is 5.09. The van der Waals surface area contributed by atoms with E-state index in [0.717, 1.165) is 11.2 Å². The molecule has 9 heteroatoms. The number of benzene rings is 2. The summed E-state index contributed by atoms with van der Waals surface area (Å²) in [5.74, 6) is 0.714. The van der Waals surface area contributed by atoms with Crippen LogP contribution in [0.1, 0.15) is 0 Å². The van der Waals surface area contributed by atoms with E-state index < -0.39 is 16.1 Å².